The molecule has 1 fully saturated rings. The van der Waals surface area contributed by atoms with Crippen molar-refractivity contribution >= 4 is 51.7 Å². The van der Waals surface area contributed by atoms with E-state index in [1.165, 1.54) is 17.1 Å². The lowest BCUT2D eigenvalue weighted by Crippen LogP contribution is -2.71. The van der Waals surface area contributed by atoms with Crippen LogP contribution in [0.1, 0.15) is 11.4 Å². The number of carboxylic acid groups (broad SMARTS) is 1. The maximum absolute atomic E-state index is 13.0. The summed E-state index contributed by atoms with van der Waals surface area (Å²) in [5, 5.41) is 25.4. The standard InChI is InChI=1S/C21H20F2N6O6S2/c22-20(23)35-27-13(12-9-37-21(24)25-12)16(31)26-14-17(32)29-15(19(33)34)10(8-36-18(14)29)7-28-5-2-1-3-11(28)4-6-30/h1-3,5,9,14,18,20,30H,4,6-8H2,(H3-,24,25,26,31,33,34)/p+1/t14?,18-/m0/s1. The van der Waals surface area contributed by atoms with Gasteiger partial charge in [-0.2, -0.15) is 13.3 Å². The maximum Gasteiger partial charge on any atom is 0.407 e. The molecule has 5 N–H and O–H groups in total. The number of nitrogens with one attached hydrogen (secondary N) is 1. The number of alkyl halides is 2. The fourth-order valence-corrected chi connectivity index (χ4v) is 5.80. The van der Waals surface area contributed by atoms with Crippen LogP contribution in [0.15, 0.2) is 46.2 Å². The van der Waals surface area contributed by atoms with Crippen LogP contribution in [-0.2, 0) is 32.2 Å². The Balaban J connectivity index is 1.55. The number of aliphatic carboxylic acids is 1. The average Bonchev–Trinajstić information content (AvgIpc) is 3.29. The Hall–Kier alpha value is -3.63. The van der Waals surface area contributed by atoms with Gasteiger partial charge >= 0.3 is 12.6 Å². The summed E-state index contributed by atoms with van der Waals surface area (Å²) in [5.41, 5.74) is 5.91. The number of β-lactam (4-membered cyclic amide) rings is 1. The van der Waals surface area contributed by atoms with Crippen molar-refractivity contribution in [1.82, 2.24) is 15.2 Å². The molecule has 2 aliphatic rings. The molecule has 1 unspecified atom stereocenters. The van der Waals surface area contributed by atoms with Gasteiger partial charge in [0.15, 0.2) is 29.3 Å². The lowest BCUT2D eigenvalue weighted by Gasteiger charge is -2.49. The van der Waals surface area contributed by atoms with E-state index in [4.69, 9.17) is 5.73 Å². The number of amides is 2. The number of oxime groups is 1. The van der Waals surface area contributed by atoms with E-state index in [9.17, 15) is 33.4 Å². The number of thioether (sulfide) groups is 1. The van der Waals surface area contributed by atoms with E-state index in [0.29, 0.717) is 12.0 Å². The van der Waals surface area contributed by atoms with E-state index < -0.39 is 41.5 Å². The highest BCUT2D eigenvalue weighted by atomic mass is 32.2. The van der Waals surface area contributed by atoms with E-state index in [1.54, 1.807) is 22.9 Å². The Morgan fingerprint density at radius 1 is 1.41 bits per heavy atom. The molecule has 0 aromatic carbocycles. The van der Waals surface area contributed by atoms with Crippen molar-refractivity contribution < 1.29 is 42.8 Å². The van der Waals surface area contributed by atoms with Crippen molar-refractivity contribution in [2.24, 2.45) is 5.16 Å². The van der Waals surface area contributed by atoms with Crippen molar-refractivity contribution in [2.75, 3.05) is 18.1 Å². The van der Waals surface area contributed by atoms with Crippen molar-refractivity contribution in [2.45, 2.75) is 31.0 Å². The van der Waals surface area contributed by atoms with Crippen molar-refractivity contribution in [3.63, 3.8) is 0 Å². The van der Waals surface area contributed by atoms with Crippen molar-refractivity contribution in [3.8, 4) is 0 Å². The van der Waals surface area contributed by atoms with E-state index in [2.05, 4.69) is 20.3 Å². The Morgan fingerprint density at radius 2 is 2.19 bits per heavy atom. The first-order valence-electron chi connectivity index (χ1n) is 10.7. The molecule has 2 aromatic rings. The van der Waals surface area contributed by atoms with E-state index in [-0.39, 0.29) is 35.4 Å². The van der Waals surface area contributed by atoms with Gasteiger partial charge in [-0.1, -0.05) is 11.2 Å². The van der Waals surface area contributed by atoms with Crippen LogP contribution < -0.4 is 15.6 Å². The number of aromatic nitrogens is 2. The number of carbonyl (C=O) groups is 3. The molecular formula is C21H21F2N6O6S2+. The van der Waals surface area contributed by atoms with Gasteiger partial charge in [0.1, 0.15) is 22.8 Å². The summed E-state index contributed by atoms with van der Waals surface area (Å²) in [5.74, 6) is -2.74. The summed E-state index contributed by atoms with van der Waals surface area (Å²) in [6, 6.07) is 4.25. The van der Waals surface area contributed by atoms with Gasteiger partial charge in [-0.3, -0.25) is 14.5 Å². The molecule has 4 heterocycles. The van der Waals surface area contributed by atoms with Crippen LogP contribution in [0.4, 0.5) is 13.9 Å². The minimum absolute atomic E-state index is 0.0588. The van der Waals surface area contributed by atoms with Gasteiger partial charge in [-0.25, -0.2) is 9.78 Å². The lowest BCUT2D eigenvalue weighted by atomic mass is 10.0. The summed E-state index contributed by atoms with van der Waals surface area (Å²) in [6.07, 6.45) is 2.12. The van der Waals surface area contributed by atoms with Crippen LogP contribution in [-0.4, -0.2) is 74.0 Å². The number of anilines is 1. The molecule has 1 saturated heterocycles. The molecule has 196 valence electrons. The number of pyridine rings is 1. The van der Waals surface area contributed by atoms with Crippen LogP contribution >= 0.6 is 23.1 Å². The van der Waals surface area contributed by atoms with Crippen LogP contribution in [0.5, 0.6) is 0 Å². The molecule has 0 aliphatic carbocycles. The molecule has 2 aromatic heterocycles. The highest BCUT2D eigenvalue weighted by Gasteiger charge is 2.55. The molecule has 0 bridgehead atoms. The SMILES string of the molecule is Nc1nc(C(=NOC(F)F)C(=O)NC2C(=O)N3C(C(=O)O)=C(C[n+]4ccccc4CCO)CS[C@@H]23)cs1. The lowest BCUT2D eigenvalue weighted by molar-refractivity contribution is -0.696. The Kier molecular flexibility index (Phi) is 7.99. The topological polar surface area (TPSA) is 171 Å². The molecule has 37 heavy (non-hydrogen) atoms. The average molecular weight is 556 g/mol. The van der Waals surface area contributed by atoms with E-state index in [1.807, 2.05) is 6.07 Å². The number of hydrogen-bond donors (Lipinski definition) is 4. The fraction of sp³-hybridized carbons (Fsp3) is 0.333. The maximum atomic E-state index is 13.0. The largest absolute Gasteiger partial charge is 0.477 e. The normalized spacial score (nSPS) is 19.5. The van der Waals surface area contributed by atoms with E-state index in [0.717, 1.165) is 21.9 Å². The zero-order valence-corrected chi connectivity index (χ0v) is 20.5. The second-order valence-corrected chi connectivity index (χ2v) is 9.78. The van der Waals surface area contributed by atoms with Gasteiger partial charge in [-0.05, 0) is 0 Å². The van der Waals surface area contributed by atoms with E-state index >= 15 is 0 Å². The first-order valence-corrected chi connectivity index (χ1v) is 12.7. The molecule has 2 amide bonds. The molecule has 4 rings (SSSR count). The second kappa shape index (κ2) is 11.2. The minimum atomic E-state index is -3.30. The smallest absolute Gasteiger partial charge is 0.407 e. The van der Waals surface area contributed by atoms with Crippen LogP contribution in [0.3, 0.4) is 0 Å². The number of fused-ring (bicyclic) bond motifs is 1. The zero-order valence-electron chi connectivity index (χ0n) is 18.9. The van der Waals surface area contributed by atoms with Gasteiger partial charge in [0.25, 0.3) is 11.8 Å². The summed E-state index contributed by atoms with van der Waals surface area (Å²) in [6.45, 7) is -3.19. The molecule has 0 radical (unpaired) electrons. The first-order chi connectivity index (χ1) is 17.7. The number of halogens is 2. The first kappa shape index (κ1) is 26.4. The summed E-state index contributed by atoms with van der Waals surface area (Å²) >= 11 is 2.19. The highest BCUT2D eigenvalue weighted by Crippen LogP contribution is 2.40. The molecule has 2 atom stereocenters. The fourth-order valence-electron chi connectivity index (χ4n) is 3.92. The number of carbonyl (C=O) groups excluding carboxylic acids is 2. The molecule has 12 nitrogen and oxygen atoms in total. The van der Waals surface area contributed by atoms with Gasteiger partial charge in [0.05, 0.1) is 13.0 Å². The number of thiazole rings is 1. The second-order valence-electron chi connectivity index (χ2n) is 7.79. The zero-order chi connectivity index (χ0) is 26.7. The number of nitrogens with two attached hydrogens (primary N) is 1. The van der Waals surface area contributed by atoms with Gasteiger partial charge in [-0.15, -0.1) is 23.1 Å². The molecular weight excluding hydrogens is 534 g/mol. The molecule has 2 aliphatic heterocycles. The number of aliphatic hydroxyl groups excluding tert-OH is 1. The highest BCUT2D eigenvalue weighted by molar-refractivity contribution is 8.00. The third-order valence-electron chi connectivity index (χ3n) is 5.50. The number of nitrogens with zero attached hydrogens (tertiary/aromatic N) is 4. The predicted octanol–water partition coefficient (Wildman–Crippen LogP) is -0.0703. The number of hydrogen-bond acceptors (Lipinski definition) is 10. The minimum Gasteiger partial charge on any atom is -0.477 e. The van der Waals surface area contributed by atoms with Gasteiger partial charge < -0.3 is 26.1 Å². The third kappa shape index (κ3) is 5.55. The summed E-state index contributed by atoms with van der Waals surface area (Å²) in [4.78, 5) is 46.8. The number of rotatable bonds is 10. The van der Waals surface area contributed by atoms with Crippen LogP contribution in [0.25, 0.3) is 0 Å². The number of aliphatic hydroxyl groups is 1. The predicted molar refractivity (Wildman–Crippen MR) is 127 cm³/mol. The molecule has 0 spiro atoms. The summed E-state index contributed by atoms with van der Waals surface area (Å²) in [7, 11) is 0. The number of carboxylic acids is 1. The Labute approximate surface area is 216 Å². The summed E-state index contributed by atoms with van der Waals surface area (Å²) < 4.78 is 26.9. The Morgan fingerprint density at radius 3 is 2.84 bits per heavy atom. The number of nitrogen functional groups attached to an aromatic ring is 1. The Bertz CT molecular complexity index is 1290. The van der Waals surface area contributed by atoms with Gasteiger partial charge in [0, 0.05) is 28.8 Å². The van der Waals surface area contributed by atoms with Crippen molar-refractivity contribution in [3.05, 3.63) is 52.4 Å². The monoisotopic (exact) mass is 555 g/mol. The van der Waals surface area contributed by atoms with Crippen LogP contribution in [0, 0.1) is 0 Å². The van der Waals surface area contributed by atoms with Crippen LogP contribution in [0.2, 0.25) is 0 Å². The molecule has 16 heteroatoms. The third-order valence-corrected chi connectivity index (χ3v) is 7.52. The molecule has 0 saturated carbocycles. The van der Waals surface area contributed by atoms with Crippen molar-refractivity contribution in [1.29, 1.82) is 0 Å². The quantitative estimate of drug-likeness (QED) is 0.136. The van der Waals surface area contributed by atoms with Gasteiger partial charge in [0.2, 0.25) is 0 Å².